The van der Waals surface area contributed by atoms with Crippen LogP contribution < -0.4 is 0 Å². The molecule has 3 fully saturated rings. The van der Waals surface area contributed by atoms with Crippen molar-refractivity contribution in [2.75, 3.05) is 6.61 Å². The number of esters is 2. The van der Waals surface area contributed by atoms with Gasteiger partial charge >= 0.3 is 11.9 Å². The number of allylic oxidation sites excluding steroid dienone is 1. The van der Waals surface area contributed by atoms with E-state index < -0.39 is 64.4 Å². The number of benzene rings is 1. The number of ketones is 1. The summed E-state index contributed by atoms with van der Waals surface area (Å²) in [6, 6.07) is 7.83. The largest absolute Gasteiger partial charge is 0.457 e. The third-order valence-electron chi connectivity index (χ3n) is 11.8. The Morgan fingerprint density at radius 3 is 2.53 bits per heavy atom. The van der Waals surface area contributed by atoms with Crippen LogP contribution in [0.5, 0.6) is 0 Å². The van der Waals surface area contributed by atoms with Gasteiger partial charge in [-0.15, -0.1) is 0 Å². The van der Waals surface area contributed by atoms with Crippen LogP contribution >= 0.6 is 15.9 Å². The molecule has 0 unspecified atom stereocenters. The van der Waals surface area contributed by atoms with E-state index in [9.17, 15) is 19.5 Å². The Bertz CT molecular complexity index is 1590. The van der Waals surface area contributed by atoms with E-state index in [2.05, 4.69) is 27.1 Å². The zero-order valence-electron chi connectivity index (χ0n) is 26.6. The fraction of sp³-hybridized carbons (Fsp3) is 0.600. The first kappa shape index (κ1) is 32.1. The number of fused-ring (bicyclic) bond motifs is 6. The zero-order chi connectivity index (χ0) is 32.5. The smallest absolute Gasteiger partial charge is 0.306 e. The Morgan fingerprint density at radius 1 is 1.13 bits per heavy atom. The lowest BCUT2D eigenvalue weighted by Crippen LogP contribution is -2.70. The third-order valence-corrected chi connectivity index (χ3v) is 12.5. The highest BCUT2D eigenvalue weighted by Crippen LogP contribution is 2.72. The molecule has 0 radical (unpaired) electrons. The van der Waals surface area contributed by atoms with E-state index in [4.69, 9.17) is 9.47 Å². The van der Waals surface area contributed by atoms with Gasteiger partial charge in [-0.3, -0.25) is 14.4 Å². The number of hydrogen-bond donors (Lipinski definition) is 1. The number of rotatable bonds is 7. The summed E-state index contributed by atoms with van der Waals surface area (Å²) in [5.41, 5.74) is -2.03. The number of ether oxygens (including phenoxy) is 2. The van der Waals surface area contributed by atoms with Crippen LogP contribution in [-0.2, 0) is 30.3 Å². The van der Waals surface area contributed by atoms with E-state index in [0.717, 1.165) is 27.0 Å². The summed E-state index contributed by atoms with van der Waals surface area (Å²) in [4.78, 5) is 39.0. The molecule has 0 spiro atoms. The molecule has 45 heavy (non-hydrogen) atoms. The van der Waals surface area contributed by atoms with Crippen molar-refractivity contribution < 1.29 is 33.4 Å². The van der Waals surface area contributed by atoms with Crippen LogP contribution in [0.15, 0.2) is 40.5 Å². The van der Waals surface area contributed by atoms with Gasteiger partial charge in [0.25, 0.3) is 0 Å². The maximum absolute atomic E-state index is 18.2. The Balaban J connectivity index is 1.40. The van der Waals surface area contributed by atoms with Crippen LogP contribution in [0.2, 0.25) is 0 Å². The molecule has 4 aliphatic carbocycles. The van der Waals surface area contributed by atoms with Gasteiger partial charge in [0.05, 0.1) is 23.7 Å². The normalized spacial score (nSPS) is 36.6. The SMILES string of the molecule is CCC(=O)OCC(=O)[C@]1(OC(=O)CC)[C@@H](C)C[C@H]2[C@@H]3CCC4=Cc5c(cnn5-c5ccccc5Br)C[C@]4(C)[C@@]3(F)[C@@H](O)C[C@@]21C. The van der Waals surface area contributed by atoms with Gasteiger partial charge in [0.1, 0.15) is 5.67 Å². The monoisotopic (exact) mass is 684 g/mol. The van der Waals surface area contributed by atoms with E-state index in [1.54, 1.807) is 20.0 Å². The fourth-order valence-corrected chi connectivity index (χ4v) is 10.1. The van der Waals surface area contributed by atoms with Crippen LogP contribution in [0.25, 0.3) is 11.8 Å². The minimum Gasteiger partial charge on any atom is -0.457 e. The standard InChI is InChI=1S/C35H42BrFN2O6/c1-6-30(42)44-19-29(41)35(45-31(43)7-2)20(3)14-24-23-13-12-22-15-27-21(18-38-39(27)26-11-9-8-10-25(26)36)16-32(22,4)34(23,37)28(40)17-33(24,35)5/h8-11,15,18,20,23-24,28,40H,6-7,12-14,16-17,19H2,1-5H3/t20-,23-,24-,28-,32-,33-,34-,35+/m0/s1. The summed E-state index contributed by atoms with van der Waals surface area (Å²) in [5, 5.41) is 16.7. The molecule has 0 amide bonds. The van der Waals surface area contributed by atoms with Gasteiger partial charge in [0.2, 0.25) is 5.78 Å². The van der Waals surface area contributed by atoms with Crippen LogP contribution in [-0.4, -0.2) is 56.6 Å². The molecule has 0 bridgehead atoms. The van der Waals surface area contributed by atoms with Crippen LogP contribution in [0.3, 0.4) is 0 Å². The third kappa shape index (κ3) is 4.37. The molecule has 2 aromatic rings. The number of halogens is 2. The predicted octanol–water partition coefficient (Wildman–Crippen LogP) is 6.34. The molecule has 0 saturated heterocycles. The summed E-state index contributed by atoms with van der Waals surface area (Å²) < 4.78 is 32.4. The van der Waals surface area contributed by atoms with Crippen LogP contribution in [0, 0.1) is 28.6 Å². The number of carbonyl (C=O) groups is 3. The van der Waals surface area contributed by atoms with Gasteiger partial charge in [-0.25, -0.2) is 9.07 Å². The van der Waals surface area contributed by atoms with E-state index in [0.29, 0.717) is 25.7 Å². The average molecular weight is 686 g/mol. The lowest BCUT2D eigenvalue weighted by molar-refractivity contribution is -0.234. The number of aliphatic hydroxyl groups excluding tert-OH is 1. The molecule has 3 saturated carbocycles. The van der Waals surface area contributed by atoms with Crippen molar-refractivity contribution in [2.24, 2.45) is 28.6 Å². The molecule has 1 aromatic heterocycles. The van der Waals surface area contributed by atoms with Gasteiger partial charge in [-0.1, -0.05) is 52.3 Å². The lowest BCUT2D eigenvalue weighted by atomic mass is 9.43. The topological polar surface area (TPSA) is 108 Å². The van der Waals surface area contributed by atoms with E-state index in [-0.39, 0.29) is 25.2 Å². The predicted molar refractivity (Wildman–Crippen MR) is 169 cm³/mol. The Kier molecular flexibility index (Phi) is 7.95. The first-order valence-electron chi connectivity index (χ1n) is 16.1. The molecule has 10 heteroatoms. The first-order valence-corrected chi connectivity index (χ1v) is 16.9. The van der Waals surface area contributed by atoms with Crippen molar-refractivity contribution >= 4 is 39.7 Å². The Labute approximate surface area is 271 Å². The zero-order valence-corrected chi connectivity index (χ0v) is 28.2. The molecule has 0 aliphatic heterocycles. The van der Waals surface area contributed by atoms with Crippen molar-refractivity contribution in [1.29, 1.82) is 0 Å². The molecule has 242 valence electrons. The summed E-state index contributed by atoms with van der Waals surface area (Å²) >= 11 is 3.63. The lowest BCUT2D eigenvalue weighted by Gasteiger charge is -2.63. The number of nitrogens with zero attached hydrogens (tertiary/aromatic N) is 2. The average Bonchev–Trinajstić information content (AvgIpc) is 3.50. The van der Waals surface area contributed by atoms with Crippen molar-refractivity contribution in [3.05, 3.63) is 51.8 Å². The van der Waals surface area contributed by atoms with Gasteiger partial charge in [-0.2, -0.15) is 5.10 Å². The number of hydrogen-bond acceptors (Lipinski definition) is 7. The summed E-state index contributed by atoms with van der Waals surface area (Å²) in [6.07, 6.45) is 4.46. The maximum Gasteiger partial charge on any atom is 0.306 e. The van der Waals surface area contributed by atoms with Gasteiger partial charge < -0.3 is 14.6 Å². The molecule has 8 nitrogen and oxygen atoms in total. The summed E-state index contributed by atoms with van der Waals surface area (Å²) in [6.45, 7) is 8.41. The summed E-state index contributed by atoms with van der Waals surface area (Å²) in [5.74, 6) is -2.98. The Morgan fingerprint density at radius 2 is 1.84 bits per heavy atom. The number of alkyl halides is 1. The molecule has 4 aliphatic rings. The molecule has 1 heterocycles. The molecule has 8 atom stereocenters. The van der Waals surface area contributed by atoms with Crippen LogP contribution in [0.1, 0.15) is 84.4 Å². The van der Waals surface area contributed by atoms with E-state index in [1.165, 1.54) is 0 Å². The minimum absolute atomic E-state index is 0.0536. The maximum atomic E-state index is 18.2. The highest BCUT2D eigenvalue weighted by atomic mass is 79.9. The van der Waals surface area contributed by atoms with Crippen LogP contribution in [0.4, 0.5) is 4.39 Å². The van der Waals surface area contributed by atoms with Gasteiger partial charge in [0.15, 0.2) is 12.2 Å². The van der Waals surface area contributed by atoms with Crippen molar-refractivity contribution in [3.8, 4) is 5.69 Å². The fourth-order valence-electron chi connectivity index (χ4n) is 9.67. The first-order chi connectivity index (χ1) is 21.3. The molecule has 1 aromatic carbocycles. The van der Waals surface area contributed by atoms with E-state index >= 15 is 4.39 Å². The van der Waals surface area contributed by atoms with Gasteiger partial charge in [-0.05, 0) is 77.7 Å². The molecular formula is C35H42BrFN2O6. The summed E-state index contributed by atoms with van der Waals surface area (Å²) in [7, 11) is 0. The second-order valence-corrected chi connectivity index (χ2v) is 14.7. The minimum atomic E-state index is -1.99. The Hall–Kier alpha value is -2.85. The number of carbonyl (C=O) groups excluding carboxylic acids is 3. The highest BCUT2D eigenvalue weighted by Gasteiger charge is 2.77. The molecule has 6 rings (SSSR count). The quantitative estimate of drug-likeness (QED) is 0.339. The van der Waals surface area contributed by atoms with E-state index in [1.807, 2.05) is 49.7 Å². The van der Waals surface area contributed by atoms with Crippen molar-refractivity contribution in [2.45, 2.75) is 96.9 Å². The van der Waals surface area contributed by atoms with Crippen molar-refractivity contribution in [3.63, 3.8) is 0 Å². The number of aliphatic hydroxyl groups is 1. The molecule has 1 N–H and O–H groups in total. The second-order valence-electron chi connectivity index (χ2n) is 13.9. The van der Waals surface area contributed by atoms with Crippen molar-refractivity contribution in [1.82, 2.24) is 9.78 Å². The number of Topliss-reactive ketones (excluding diaryl/α,β-unsaturated/α-hetero) is 1. The van der Waals surface area contributed by atoms with Gasteiger partial charge in [0, 0.05) is 40.0 Å². The second kappa shape index (κ2) is 11.1. The highest BCUT2D eigenvalue weighted by molar-refractivity contribution is 9.10. The number of para-hydroxylation sites is 1. The number of aromatic nitrogens is 2. The molecular weight excluding hydrogens is 643 g/mol.